The Labute approximate surface area is 512 Å². The van der Waals surface area contributed by atoms with Crippen LogP contribution in [0.15, 0.2) is 36.5 Å². The molecule has 0 amide bonds. The van der Waals surface area contributed by atoms with Gasteiger partial charge in [-0.25, -0.2) is 0 Å². The number of allylic oxidation sites excluding steroid dienone is 6. The molecule has 0 aliphatic heterocycles. The van der Waals surface area contributed by atoms with E-state index in [0.29, 0.717) is 19.3 Å². The van der Waals surface area contributed by atoms with Crippen molar-refractivity contribution >= 4 is 17.9 Å². The minimum Gasteiger partial charge on any atom is -0.462 e. The summed E-state index contributed by atoms with van der Waals surface area (Å²) in [7, 11) is 0. The van der Waals surface area contributed by atoms with Gasteiger partial charge in [-0.3, -0.25) is 14.4 Å². The first kappa shape index (κ1) is 79.6. The Morgan fingerprint density at radius 1 is 0.244 bits per heavy atom. The number of carbonyl (C=O) groups excluding carboxylic acids is 3. The molecule has 6 nitrogen and oxygen atoms in total. The first-order valence-corrected chi connectivity index (χ1v) is 37.0. The molecular formula is C76H142O6. The highest BCUT2D eigenvalue weighted by atomic mass is 16.6. The summed E-state index contributed by atoms with van der Waals surface area (Å²) in [5.41, 5.74) is 0. The van der Waals surface area contributed by atoms with E-state index >= 15 is 0 Å². The molecule has 0 radical (unpaired) electrons. The van der Waals surface area contributed by atoms with Crippen LogP contribution in [0.2, 0.25) is 0 Å². The maximum Gasteiger partial charge on any atom is 0.306 e. The summed E-state index contributed by atoms with van der Waals surface area (Å²) < 4.78 is 17.0. The highest BCUT2D eigenvalue weighted by Crippen LogP contribution is 2.19. The molecule has 1 unspecified atom stereocenters. The van der Waals surface area contributed by atoms with Crippen LogP contribution in [-0.4, -0.2) is 37.2 Å². The van der Waals surface area contributed by atoms with E-state index in [0.717, 1.165) is 64.2 Å². The molecule has 1 atom stereocenters. The van der Waals surface area contributed by atoms with Crippen molar-refractivity contribution in [3.05, 3.63) is 36.5 Å². The molecule has 0 aromatic rings. The van der Waals surface area contributed by atoms with Gasteiger partial charge < -0.3 is 14.2 Å². The molecule has 0 saturated carbocycles. The van der Waals surface area contributed by atoms with E-state index in [9.17, 15) is 14.4 Å². The largest absolute Gasteiger partial charge is 0.462 e. The number of ether oxygens (including phenoxy) is 3. The first-order chi connectivity index (χ1) is 40.5. The van der Waals surface area contributed by atoms with E-state index in [1.165, 1.54) is 308 Å². The Balaban J connectivity index is 4.26. The Bertz CT molecular complexity index is 1370. The lowest BCUT2D eigenvalue weighted by Crippen LogP contribution is -2.30. The van der Waals surface area contributed by atoms with Crippen LogP contribution in [0.5, 0.6) is 0 Å². The smallest absolute Gasteiger partial charge is 0.306 e. The quantitative estimate of drug-likeness (QED) is 0.0261. The van der Waals surface area contributed by atoms with Crippen LogP contribution in [0.1, 0.15) is 412 Å². The fraction of sp³-hybridized carbons (Fsp3) is 0.882. The summed E-state index contributed by atoms with van der Waals surface area (Å²) in [5, 5.41) is 0. The van der Waals surface area contributed by atoms with Crippen molar-refractivity contribution < 1.29 is 28.6 Å². The summed E-state index contributed by atoms with van der Waals surface area (Å²) in [6, 6.07) is 0. The molecule has 0 saturated heterocycles. The van der Waals surface area contributed by atoms with Crippen molar-refractivity contribution in [1.82, 2.24) is 0 Å². The van der Waals surface area contributed by atoms with Crippen LogP contribution in [0.3, 0.4) is 0 Å². The van der Waals surface area contributed by atoms with Crippen molar-refractivity contribution in [2.75, 3.05) is 13.2 Å². The van der Waals surface area contributed by atoms with Gasteiger partial charge in [-0.2, -0.15) is 0 Å². The van der Waals surface area contributed by atoms with E-state index in [1.54, 1.807) is 0 Å². The van der Waals surface area contributed by atoms with Crippen LogP contribution < -0.4 is 0 Å². The normalized spacial score (nSPS) is 12.2. The second-order valence-electron chi connectivity index (χ2n) is 25.2. The SMILES string of the molecule is CCCCC/C=C\C/C=C\CCCCCCCCCCCC(=O)OC(COC(=O)CCCCCCCCC/C=C\CCCCCCCCC)COC(=O)CCCCCCCCCCCCCCCCCCCCCCCCCCCCC. The first-order valence-electron chi connectivity index (χ1n) is 37.0. The highest BCUT2D eigenvalue weighted by Gasteiger charge is 2.19. The molecule has 0 N–H and O–H groups in total. The second kappa shape index (κ2) is 71.1. The molecule has 0 spiro atoms. The van der Waals surface area contributed by atoms with Crippen LogP contribution >= 0.6 is 0 Å². The number of esters is 3. The van der Waals surface area contributed by atoms with Crippen molar-refractivity contribution in [2.24, 2.45) is 0 Å². The lowest BCUT2D eigenvalue weighted by atomic mass is 10.0. The molecule has 0 aliphatic rings. The molecule has 6 heteroatoms. The Morgan fingerprint density at radius 2 is 0.439 bits per heavy atom. The number of rotatable bonds is 69. The minimum absolute atomic E-state index is 0.0703. The summed E-state index contributed by atoms with van der Waals surface area (Å²) in [6.45, 7) is 6.69. The number of hydrogen-bond donors (Lipinski definition) is 0. The van der Waals surface area contributed by atoms with Crippen LogP contribution in [0.4, 0.5) is 0 Å². The van der Waals surface area contributed by atoms with Crippen molar-refractivity contribution in [1.29, 1.82) is 0 Å². The van der Waals surface area contributed by atoms with Gasteiger partial charge >= 0.3 is 17.9 Å². The van der Waals surface area contributed by atoms with Crippen LogP contribution in [-0.2, 0) is 28.6 Å². The fourth-order valence-corrected chi connectivity index (χ4v) is 11.3. The molecule has 482 valence electrons. The third kappa shape index (κ3) is 68.4. The molecule has 0 aromatic carbocycles. The predicted octanol–water partition coefficient (Wildman–Crippen LogP) is 25.5. The van der Waals surface area contributed by atoms with Crippen molar-refractivity contribution in [3.63, 3.8) is 0 Å². The van der Waals surface area contributed by atoms with Gasteiger partial charge in [-0.1, -0.05) is 353 Å². The summed E-state index contributed by atoms with van der Waals surface area (Å²) in [4.78, 5) is 38.5. The number of hydrogen-bond acceptors (Lipinski definition) is 6. The third-order valence-electron chi connectivity index (χ3n) is 16.9. The molecule has 0 fully saturated rings. The van der Waals surface area contributed by atoms with Gasteiger partial charge in [0.2, 0.25) is 0 Å². The molecule has 0 aliphatic carbocycles. The Hall–Kier alpha value is -2.37. The average Bonchev–Trinajstić information content (AvgIpc) is 3.47. The van der Waals surface area contributed by atoms with E-state index in [1.807, 2.05) is 0 Å². The summed E-state index contributed by atoms with van der Waals surface area (Å²) >= 11 is 0. The Kier molecular flexibility index (Phi) is 69.1. The minimum atomic E-state index is -0.776. The molecule has 0 heterocycles. The van der Waals surface area contributed by atoms with Crippen LogP contribution in [0.25, 0.3) is 0 Å². The lowest BCUT2D eigenvalue weighted by molar-refractivity contribution is -0.167. The molecule has 82 heavy (non-hydrogen) atoms. The van der Waals surface area contributed by atoms with E-state index in [-0.39, 0.29) is 31.1 Å². The molecule has 0 aromatic heterocycles. The predicted molar refractivity (Wildman–Crippen MR) is 358 cm³/mol. The molecule has 0 bridgehead atoms. The number of carbonyl (C=O) groups is 3. The van der Waals surface area contributed by atoms with E-state index in [4.69, 9.17) is 14.2 Å². The fourth-order valence-electron chi connectivity index (χ4n) is 11.3. The molecule has 0 rings (SSSR count). The summed E-state index contributed by atoms with van der Waals surface area (Å²) in [6.07, 6.45) is 88.9. The van der Waals surface area contributed by atoms with Gasteiger partial charge in [-0.15, -0.1) is 0 Å². The summed E-state index contributed by atoms with van der Waals surface area (Å²) in [5.74, 6) is -0.848. The van der Waals surface area contributed by atoms with Gasteiger partial charge in [0, 0.05) is 19.3 Å². The zero-order valence-corrected chi connectivity index (χ0v) is 55.5. The second-order valence-corrected chi connectivity index (χ2v) is 25.2. The van der Waals surface area contributed by atoms with Crippen molar-refractivity contribution in [2.45, 2.75) is 419 Å². The highest BCUT2D eigenvalue weighted by molar-refractivity contribution is 5.71. The average molecular weight is 1150 g/mol. The van der Waals surface area contributed by atoms with Gasteiger partial charge in [0.25, 0.3) is 0 Å². The maximum atomic E-state index is 13.0. The van der Waals surface area contributed by atoms with Crippen LogP contribution in [0, 0.1) is 0 Å². The van der Waals surface area contributed by atoms with E-state index < -0.39 is 6.10 Å². The zero-order valence-electron chi connectivity index (χ0n) is 55.5. The van der Waals surface area contributed by atoms with Gasteiger partial charge in [0.05, 0.1) is 0 Å². The standard InChI is InChI=1S/C76H142O6/c1-4-7-10-13-16-19-22-25-28-31-34-35-36-37-38-39-40-41-43-45-48-51-54-57-60-63-66-69-75(78)81-72-73(71-80-74(77)68-65-62-59-56-53-50-47-44-33-30-27-24-21-18-15-12-9-6-3)82-76(79)70-67-64-61-58-55-52-49-46-42-32-29-26-23-20-17-14-11-8-5-2/h17,20,26,29-30,33,73H,4-16,18-19,21-25,27-28,31-32,34-72H2,1-3H3/b20-17-,29-26-,33-30-. The van der Waals surface area contributed by atoms with Gasteiger partial charge in [0.1, 0.15) is 13.2 Å². The van der Waals surface area contributed by atoms with Gasteiger partial charge in [-0.05, 0) is 77.0 Å². The third-order valence-corrected chi connectivity index (χ3v) is 16.9. The monoisotopic (exact) mass is 1150 g/mol. The topological polar surface area (TPSA) is 78.9 Å². The van der Waals surface area contributed by atoms with E-state index in [2.05, 4.69) is 57.2 Å². The van der Waals surface area contributed by atoms with Crippen molar-refractivity contribution in [3.8, 4) is 0 Å². The zero-order chi connectivity index (χ0) is 59.2. The Morgan fingerprint density at radius 3 is 0.707 bits per heavy atom. The lowest BCUT2D eigenvalue weighted by Gasteiger charge is -2.18. The number of unbranched alkanes of at least 4 members (excludes halogenated alkanes) is 52. The van der Waals surface area contributed by atoms with Gasteiger partial charge in [0.15, 0.2) is 6.10 Å². The molecular weight excluding hydrogens is 1010 g/mol. The maximum absolute atomic E-state index is 13.0.